The lowest BCUT2D eigenvalue weighted by Crippen LogP contribution is -2.10. The minimum Gasteiger partial charge on any atom is -0.508 e. The van der Waals surface area contributed by atoms with Crippen LogP contribution in [0.2, 0.25) is 0 Å². The molecule has 0 spiro atoms. The Morgan fingerprint density at radius 3 is 2.30 bits per heavy atom. The first kappa shape index (κ1) is 14.7. The van der Waals surface area contributed by atoms with Crippen molar-refractivity contribution < 1.29 is 19.7 Å². The van der Waals surface area contributed by atoms with Gasteiger partial charge in [-0.2, -0.15) is 0 Å². The van der Waals surface area contributed by atoms with Crippen LogP contribution in [0.15, 0.2) is 12.1 Å². The highest BCUT2D eigenvalue weighted by atomic mass is 16.5. The average Bonchev–Trinajstić information content (AvgIpc) is 2.40. The van der Waals surface area contributed by atoms with Gasteiger partial charge in [0, 0.05) is 6.07 Å². The second-order valence-electron chi connectivity index (χ2n) is 5.36. The molecular formula is C16H22O4. The van der Waals surface area contributed by atoms with E-state index in [1.54, 1.807) is 6.07 Å². The number of aryl methyl sites for hydroxylation is 1. The van der Waals surface area contributed by atoms with Crippen LogP contribution in [-0.4, -0.2) is 22.8 Å². The Morgan fingerprint density at radius 1 is 0.900 bits per heavy atom. The average molecular weight is 278 g/mol. The Kier molecular flexibility index (Phi) is 5.27. The van der Waals surface area contributed by atoms with Crippen LogP contribution in [0.25, 0.3) is 0 Å². The first-order chi connectivity index (χ1) is 9.68. The SMILES string of the molecule is O=C1OCCCCCCCCCc2cc(O)cc(O)c21. The smallest absolute Gasteiger partial charge is 0.342 e. The topological polar surface area (TPSA) is 66.8 Å². The van der Waals surface area contributed by atoms with E-state index < -0.39 is 5.97 Å². The number of rotatable bonds is 0. The lowest BCUT2D eigenvalue weighted by atomic mass is 9.99. The van der Waals surface area contributed by atoms with Crippen LogP contribution in [0, 0.1) is 0 Å². The number of hydrogen-bond donors (Lipinski definition) is 2. The Labute approximate surface area is 119 Å². The number of cyclic esters (lactones) is 1. The third-order valence-corrected chi connectivity index (χ3v) is 3.71. The number of phenolic OH excluding ortho intramolecular Hbond substituents is 2. The van der Waals surface area contributed by atoms with Crippen LogP contribution in [0.3, 0.4) is 0 Å². The fourth-order valence-corrected chi connectivity index (χ4v) is 2.64. The van der Waals surface area contributed by atoms with Crippen molar-refractivity contribution in [2.75, 3.05) is 6.61 Å². The van der Waals surface area contributed by atoms with Gasteiger partial charge in [0.2, 0.25) is 0 Å². The van der Waals surface area contributed by atoms with Crippen molar-refractivity contribution in [3.8, 4) is 11.5 Å². The summed E-state index contributed by atoms with van der Waals surface area (Å²) < 4.78 is 5.22. The summed E-state index contributed by atoms with van der Waals surface area (Å²) in [6.45, 7) is 0.387. The molecule has 1 aromatic rings. The van der Waals surface area contributed by atoms with Gasteiger partial charge in [0.1, 0.15) is 17.1 Å². The Hall–Kier alpha value is -1.71. The van der Waals surface area contributed by atoms with E-state index >= 15 is 0 Å². The predicted molar refractivity (Wildman–Crippen MR) is 76.1 cm³/mol. The molecule has 0 amide bonds. The number of ether oxygens (including phenoxy) is 1. The molecule has 0 aliphatic carbocycles. The standard InChI is InChI=1S/C16H22O4/c17-13-10-12-8-6-4-2-1-3-5-7-9-20-16(19)15(12)14(18)11-13/h10-11,17-18H,1-9H2. The minimum atomic E-state index is -0.489. The van der Waals surface area contributed by atoms with E-state index in [1.807, 2.05) is 0 Å². The number of aromatic hydroxyl groups is 2. The zero-order valence-corrected chi connectivity index (χ0v) is 11.7. The Morgan fingerprint density at radius 2 is 1.55 bits per heavy atom. The maximum absolute atomic E-state index is 12.1. The largest absolute Gasteiger partial charge is 0.508 e. The van der Waals surface area contributed by atoms with E-state index in [2.05, 4.69) is 0 Å². The maximum Gasteiger partial charge on any atom is 0.342 e. The van der Waals surface area contributed by atoms with E-state index in [1.165, 1.54) is 25.3 Å². The number of carbonyl (C=O) groups is 1. The molecule has 1 heterocycles. The van der Waals surface area contributed by atoms with Gasteiger partial charge < -0.3 is 14.9 Å². The molecule has 0 fully saturated rings. The van der Waals surface area contributed by atoms with Gasteiger partial charge >= 0.3 is 5.97 Å². The van der Waals surface area contributed by atoms with Gasteiger partial charge in [0.15, 0.2) is 0 Å². The van der Waals surface area contributed by atoms with Gasteiger partial charge in [-0.1, -0.05) is 32.1 Å². The number of hydrogen-bond acceptors (Lipinski definition) is 4. The number of carbonyl (C=O) groups excluding carboxylic acids is 1. The zero-order valence-electron chi connectivity index (χ0n) is 11.7. The molecule has 4 heteroatoms. The molecule has 0 unspecified atom stereocenters. The summed E-state index contributed by atoms with van der Waals surface area (Å²) in [5.41, 5.74) is 0.883. The first-order valence-electron chi connectivity index (χ1n) is 7.40. The van der Waals surface area contributed by atoms with Crippen molar-refractivity contribution in [1.29, 1.82) is 0 Å². The van der Waals surface area contributed by atoms with Crippen LogP contribution in [0.5, 0.6) is 11.5 Å². The molecule has 2 N–H and O–H groups in total. The van der Waals surface area contributed by atoms with Crippen molar-refractivity contribution >= 4 is 5.97 Å². The molecule has 0 radical (unpaired) electrons. The highest BCUT2D eigenvalue weighted by molar-refractivity contribution is 5.94. The molecule has 4 nitrogen and oxygen atoms in total. The second-order valence-corrected chi connectivity index (χ2v) is 5.36. The van der Waals surface area contributed by atoms with Gasteiger partial charge in [-0.05, 0) is 30.9 Å². The molecule has 1 aromatic carbocycles. The van der Waals surface area contributed by atoms with E-state index in [0.29, 0.717) is 18.6 Å². The lowest BCUT2D eigenvalue weighted by Gasteiger charge is -2.11. The fourth-order valence-electron chi connectivity index (χ4n) is 2.64. The van der Waals surface area contributed by atoms with Crippen molar-refractivity contribution in [2.24, 2.45) is 0 Å². The molecular weight excluding hydrogens is 256 g/mol. The van der Waals surface area contributed by atoms with Crippen molar-refractivity contribution in [1.82, 2.24) is 0 Å². The molecule has 0 saturated heterocycles. The van der Waals surface area contributed by atoms with E-state index in [4.69, 9.17) is 4.74 Å². The normalized spacial score (nSPS) is 18.1. The van der Waals surface area contributed by atoms with Gasteiger partial charge in [0.05, 0.1) is 6.61 Å². The quantitative estimate of drug-likeness (QED) is 0.712. The monoisotopic (exact) mass is 278 g/mol. The third kappa shape index (κ3) is 3.89. The van der Waals surface area contributed by atoms with Crippen LogP contribution >= 0.6 is 0 Å². The summed E-state index contributed by atoms with van der Waals surface area (Å²) in [7, 11) is 0. The molecule has 110 valence electrons. The summed E-state index contributed by atoms with van der Waals surface area (Å²) in [6, 6.07) is 2.74. The third-order valence-electron chi connectivity index (χ3n) is 3.71. The molecule has 1 aliphatic heterocycles. The molecule has 0 saturated carbocycles. The number of benzene rings is 1. The van der Waals surface area contributed by atoms with Crippen LogP contribution in [-0.2, 0) is 11.2 Å². The number of esters is 1. The summed E-state index contributed by atoms with van der Waals surface area (Å²) in [4.78, 5) is 12.1. The Bertz CT molecular complexity index is 468. The molecule has 0 bridgehead atoms. The zero-order chi connectivity index (χ0) is 14.4. The summed E-state index contributed by atoms with van der Waals surface area (Å²) in [5.74, 6) is -0.699. The van der Waals surface area contributed by atoms with Crippen molar-refractivity contribution in [2.45, 2.75) is 51.4 Å². The fraction of sp³-hybridized carbons (Fsp3) is 0.562. The highest BCUT2D eigenvalue weighted by Crippen LogP contribution is 2.29. The molecule has 0 aromatic heterocycles. The Balaban J connectivity index is 2.22. The molecule has 20 heavy (non-hydrogen) atoms. The van der Waals surface area contributed by atoms with E-state index in [9.17, 15) is 15.0 Å². The summed E-state index contributed by atoms with van der Waals surface area (Å²) >= 11 is 0. The van der Waals surface area contributed by atoms with Gasteiger partial charge in [-0.25, -0.2) is 4.79 Å². The maximum atomic E-state index is 12.1. The van der Waals surface area contributed by atoms with E-state index in [0.717, 1.165) is 25.7 Å². The van der Waals surface area contributed by atoms with Crippen LogP contribution in [0.1, 0.15) is 60.9 Å². The summed E-state index contributed by atoms with van der Waals surface area (Å²) in [6.07, 6.45) is 8.24. The lowest BCUT2D eigenvalue weighted by molar-refractivity contribution is 0.0493. The first-order valence-corrected chi connectivity index (χ1v) is 7.40. The second kappa shape index (κ2) is 7.17. The van der Waals surface area contributed by atoms with Crippen LogP contribution in [0.4, 0.5) is 0 Å². The predicted octanol–water partition coefficient (Wildman–Crippen LogP) is 3.54. The molecule has 1 aliphatic rings. The minimum absolute atomic E-state index is 0.0154. The van der Waals surface area contributed by atoms with Crippen molar-refractivity contribution in [3.63, 3.8) is 0 Å². The van der Waals surface area contributed by atoms with Crippen LogP contribution < -0.4 is 0 Å². The summed E-state index contributed by atoms with van der Waals surface area (Å²) in [5, 5.41) is 19.5. The molecule has 2 rings (SSSR count). The van der Waals surface area contributed by atoms with E-state index in [-0.39, 0.29) is 17.1 Å². The van der Waals surface area contributed by atoms with Crippen molar-refractivity contribution in [3.05, 3.63) is 23.3 Å². The highest BCUT2D eigenvalue weighted by Gasteiger charge is 2.19. The molecule has 0 atom stereocenters. The van der Waals surface area contributed by atoms with Gasteiger partial charge in [-0.3, -0.25) is 0 Å². The number of fused-ring (bicyclic) bond motifs is 1. The number of phenols is 2. The van der Waals surface area contributed by atoms with Gasteiger partial charge in [-0.15, -0.1) is 0 Å². The van der Waals surface area contributed by atoms with Gasteiger partial charge in [0.25, 0.3) is 0 Å².